The van der Waals surface area contributed by atoms with Crippen LogP contribution in [0, 0.1) is 0 Å². The molecule has 10 heteroatoms. The van der Waals surface area contributed by atoms with E-state index in [0.717, 1.165) is 4.90 Å². The van der Waals surface area contributed by atoms with Crippen LogP contribution in [0.5, 0.6) is 5.75 Å². The number of ether oxygens (including phenoxy) is 1. The number of imide groups is 1. The summed E-state index contributed by atoms with van der Waals surface area (Å²) >= 11 is 0. The van der Waals surface area contributed by atoms with Crippen LogP contribution < -0.4 is 14.9 Å². The summed E-state index contributed by atoms with van der Waals surface area (Å²) in [5, 5.41) is 6.20. The van der Waals surface area contributed by atoms with E-state index in [0.29, 0.717) is 16.9 Å². The van der Waals surface area contributed by atoms with E-state index in [9.17, 15) is 18.0 Å². The van der Waals surface area contributed by atoms with E-state index in [-0.39, 0.29) is 10.6 Å². The maximum atomic E-state index is 12.3. The number of likely N-dealkylation sites (N-methyl/N-ethyl adjacent to an activating group) is 1. The third-order valence-electron chi connectivity index (χ3n) is 4.08. The number of rotatable bonds is 6. The number of methoxy groups -OCH3 is 1. The van der Waals surface area contributed by atoms with Gasteiger partial charge in [-0.2, -0.15) is 13.5 Å². The van der Waals surface area contributed by atoms with E-state index in [2.05, 4.69) is 15.2 Å². The van der Waals surface area contributed by atoms with Gasteiger partial charge in [0, 0.05) is 7.05 Å². The molecule has 9 nitrogen and oxygen atoms in total. The van der Waals surface area contributed by atoms with Gasteiger partial charge in [0.25, 0.3) is 15.9 Å². The lowest BCUT2D eigenvalue weighted by Gasteiger charge is -2.04. The molecule has 0 atom stereocenters. The normalized spacial score (nSPS) is 15.8. The van der Waals surface area contributed by atoms with Gasteiger partial charge in [-0.15, -0.1) is 0 Å². The van der Waals surface area contributed by atoms with Crippen molar-refractivity contribution in [3.63, 3.8) is 0 Å². The molecule has 1 aliphatic rings. The second kappa shape index (κ2) is 8.15. The third-order valence-corrected chi connectivity index (χ3v) is 5.32. The van der Waals surface area contributed by atoms with Crippen molar-refractivity contribution in [2.75, 3.05) is 14.2 Å². The van der Waals surface area contributed by atoms with Crippen molar-refractivity contribution >= 4 is 34.3 Å². The van der Waals surface area contributed by atoms with E-state index in [1.807, 2.05) is 0 Å². The van der Waals surface area contributed by atoms with Crippen molar-refractivity contribution in [1.29, 1.82) is 0 Å². The van der Waals surface area contributed by atoms with Crippen molar-refractivity contribution in [2.45, 2.75) is 4.90 Å². The maximum absolute atomic E-state index is 12.3. The zero-order valence-electron chi connectivity index (χ0n) is 15.6. The van der Waals surface area contributed by atoms with Gasteiger partial charge >= 0.3 is 6.03 Å². The number of carbonyl (C=O) groups is 2. The molecule has 0 bridgehead atoms. The highest BCUT2D eigenvalue weighted by Crippen LogP contribution is 2.16. The number of amides is 3. The number of urea groups is 1. The van der Waals surface area contributed by atoms with Crippen molar-refractivity contribution in [1.82, 2.24) is 15.0 Å². The summed E-state index contributed by atoms with van der Waals surface area (Å²) in [6, 6.07) is 12.2. The van der Waals surface area contributed by atoms with Crippen LogP contribution in [0.15, 0.2) is 64.2 Å². The number of hydrogen-bond acceptors (Lipinski definition) is 6. The molecule has 0 aromatic heterocycles. The van der Waals surface area contributed by atoms with Gasteiger partial charge in [0.1, 0.15) is 11.4 Å². The second-order valence-corrected chi connectivity index (χ2v) is 7.71. The minimum atomic E-state index is -3.85. The molecule has 3 amide bonds. The highest BCUT2D eigenvalue weighted by Gasteiger charge is 2.29. The fraction of sp³-hybridized carbons (Fsp3) is 0.105. The minimum Gasteiger partial charge on any atom is -0.497 e. The first-order valence-corrected chi connectivity index (χ1v) is 9.88. The van der Waals surface area contributed by atoms with Crippen LogP contribution in [-0.4, -0.2) is 45.6 Å². The molecular weight excluding hydrogens is 396 g/mol. The Labute approximate surface area is 167 Å². The third kappa shape index (κ3) is 4.61. The molecule has 1 heterocycles. The lowest BCUT2D eigenvalue weighted by Crippen LogP contribution is -2.25. The van der Waals surface area contributed by atoms with Gasteiger partial charge < -0.3 is 10.1 Å². The fourth-order valence-corrected chi connectivity index (χ4v) is 3.24. The van der Waals surface area contributed by atoms with Crippen molar-refractivity contribution in [3.05, 3.63) is 65.4 Å². The molecule has 150 valence electrons. The summed E-state index contributed by atoms with van der Waals surface area (Å²) in [6.45, 7) is 0. The molecule has 2 N–H and O–H groups in total. The Hall–Kier alpha value is -3.66. The molecule has 0 aliphatic carbocycles. The molecule has 1 fully saturated rings. The van der Waals surface area contributed by atoms with Crippen LogP contribution >= 0.6 is 0 Å². The summed E-state index contributed by atoms with van der Waals surface area (Å²) in [7, 11) is -0.932. The van der Waals surface area contributed by atoms with Gasteiger partial charge in [0.15, 0.2) is 0 Å². The SMILES string of the molecule is COc1ccc(C=NNS(=O)(=O)c2ccc(/C=C3\NC(=O)N(C)C3=O)cc2)cc1. The van der Waals surface area contributed by atoms with Gasteiger partial charge in [-0.25, -0.2) is 9.63 Å². The minimum absolute atomic E-state index is 0.00503. The number of hydrogen-bond donors (Lipinski definition) is 2. The quantitative estimate of drug-likeness (QED) is 0.322. The standard InChI is InChI=1S/C19H18N4O5S/c1-23-18(24)17(21-19(23)25)11-13-5-9-16(10-6-13)29(26,27)22-20-12-14-3-7-15(28-2)8-4-14/h3-12,22H,1-2H3,(H,21,25)/b17-11-,20-12?. The van der Waals surface area contributed by atoms with Crippen LogP contribution in [0.1, 0.15) is 11.1 Å². The van der Waals surface area contributed by atoms with Gasteiger partial charge in [-0.1, -0.05) is 12.1 Å². The van der Waals surface area contributed by atoms with Gasteiger partial charge in [-0.3, -0.25) is 9.69 Å². The zero-order valence-corrected chi connectivity index (χ0v) is 16.4. The van der Waals surface area contributed by atoms with Crippen molar-refractivity contribution in [3.8, 4) is 5.75 Å². The van der Waals surface area contributed by atoms with Crippen LogP contribution in [0.2, 0.25) is 0 Å². The van der Waals surface area contributed by atoms with E-state index < -0.39 is 22.0 Å². The zero-order chi connectivity index (χ0) is 21.0. The molecule has 0 spiro atoms. The molecule has 1 saturated heterocycles. The largest absolute Gasteiger partial charge is 0.497 e. The predicted octanol–water partition coefficient (Wildman–Crippen LogP) is 1.53. The van der Waals surface area contributed by atoms with Crippen LogP contribution in [-0.2, 0) is 14.8 Å². The first-order chi connectivity index (χ1) is 13.8. The first-order valence-electron chi connectivity index (χ1n) is 8.40. The lowest BCUT2D eigenvalue weighted by molar-refractivity contribution is -0.121. The predicted molar refractivity (Wildman–Crippen MR) is 107 cm³/mol. The van der Waals surface area contributed by atoms with Crippen molar-refractivity contribution < 1.29 is 22.7 Å². The molecular formula is C19H18N4O5S. The summed E-state index contributed by atoms with van der Waals surface area (Å²) in [5.41, 5.74) is 1.38. The number of nitrogens with zero attached hydrogens (tertiary/aromatic N) is 2. The number of sulfonamides is 1. The molecule has 29 heavy (non-hydrogen) atoms. The Morgan fingerprint density at radius 1 is 1.03 bits per heavy atom. The number of carbonyl (C=O) groups excluding carboxylic acids is 2. The monoisotopic (exact) mass is 414 g/mol. The molecule has 0 radical (unpaired) electrons. The Morgan fingerprint density at radius 2 is 1.66 bits per heavy atom. The maximum Gasteiger partial charge on any atom is 0.328 e. The average Bonchev–Trinajstić information content (AvgIpc) is 2.95. The Kier molecular flexibility index (Phi) is 5.64. The Balaban J connectivity index is 1.69. The van der Waals surface area contributed by atoms with Crippen LogP contribution in [0.3, 0.4) is 0 Å². The summed E-state index contributed by atoms with van der Waals surface area (Å²) in [6.07, 6.45) is 2.84. The van der Waals surface area contributed by atoms with Gasteiger partial charge in [-0.05, 0) is 53.6 Å². The van der Waals surface area contributed by atoms with E-state index >= 15 is 0 Å². The number of nitrogens with one attached hydrogen (secondary N) is 2. The Morgan fingerprint density at radius 3 is 2.21 bits per heavy atom. The smallest absolute Gasteiger partial charge is 0.328 e. The van der Waals surface area contributed by atoms with E-state index in [1.165, 1.54) is 43.6 Å². The average molecular weight is 414 g/mol. The molecule has 3 rings (SSSR count). The summed E-state index contributed by atoms with van der Waals surface area (Å²) in [4.78, 5) is 26.4. The van der Waals surface area contributed by atoms with Crippen LogP contribution in [0.25, 0.3) is 6.08 Å². The fourth-order valence-electron chi connectivity index (χ4n) is 2.45. The lowest BCUT2D eigenvalue weighted by atomic mass is 10.2. The molecule has 2 aromatic rings. The number of hydrazone groups is 1. The highest BCUT2D eigenvalue weighted by atomic mass is 32.2. The van der Waals surface area contributed by atoms with Gasteiger partial charge in [0.05, 0.1) is 18.2 Å². The van der Waals surface area contributed by atoms with E-state index in [1.54, 1.807) is 31.4 Å². The van der Waals surface area contributed by atoms with Crippen LogP contribution in [0.4, 0.5) is 4.79 Å². The van der Waals surface area contributed by atoms with Crippen molar-refractivity contribution in [2.24, 2.45) is 5.10 Å². The number of benzene rings is 2. The van der Waals surface area contributed by atoms with E-state index in [4.69, 9.17) is 4.74 Å². The Bertz CT molecular complexity index is 1090. The molecule has 0 unspecified atom stereocenters. The highest BCUT2D eigenvalue weighted by molar-refractivity contribution is 7.89. The molecule has 0 saturated carbocycles. The molecule has 1 aliphatic heterocycles. The summed E-state index contributed by atoms with van der Waals surface area (Å²) in [5.74, 6) is 0.226. The van der Waals surface area contributed by atoms with Gasteiger partial charge in [0.2, 0.25) is 0 Å². The second-order valence-electron chi connectivity index (χ2n) is 6.05. The first kappa shape index (κ1) is 20.1. The summed E-state index contributed by atoms with van der Waals surface area (Å²) < 4.78 is 29.7. The molecule has 2 aromatic carbocycles. The topological polar surface area (TPSA) is 117 Å².